The number of rotatable bonds is 2. The standard InChI is InChI=1S/C9H16O3.C6H12O3/c10-6-8-7-11-9(12-8)4-2-1-3-5-9;1-6(2)8-4-5(3-7)9-6/h8,10H,1-7H2;5,7H,3-4H2,1-2H3. The van der Waals surface area contributed by atoms with Crippen molar-refractivity contribution in [3.63, 3.8) is 0 Å². The average molecular weight is 304 g/mol. The third-order valence-electron chi connectivity index (χ3n) is 4.00. The van der Waals surface area contributed by atoms with E-state index in [1.54, 1.807) is 0 Å². The molecule has 2 heterocycles. The number of hydrogen-bond donors (Lipinski definition) is 2. The number of ether oxygens (including phenoxy) is 4. The Balaban J connectivity index is 0.000000161. The zero-order chi connectivity index (χ0) is 15.3. The smallest absolute Gasteiger partial charge is 0.169 e. The van der Waals surface area contributed by atoms with E-state index in [1.807, 2.05) is 13.8 Å². The normalized spacial score (nSPS) is 33.7. The van der Waals surface area contributed by atoms with Gasteiger partial charge in [-0.1, -0.05) is 6.42 Å². The fraction of sp³-hybridized carbons (Fsp3) is 1.00. The maximum atomic E-state index is 8.88. The molecule has 0 aromatic carbocycles. The molecule has 0 amide bonds. The molecule has 1 aliphatic carbocycles. The van der Waals surface area contributed by atoms with Crippen molar-refractivity contribution in [1.29, 1.82) is 0 Å². The van der Waals surface area contributed by atoms with Crippen molar-refractivity contribution in [2.75, 3.05) is 26.4 Å². The van der Waals surface area contributed by atoms with Crippen molar-refractivity contribution >= 4 is 0 Å². The summed E-state index contributed by atoms with van der Waals surface area (Å²) in [5.74, 6) is -0.807. The summed E-state index contributed by atoms with van der Waals surface area (Å²) in [6.07, 6.45) is 5.48. The van der Waals surface area contributed by atoms with E-state index >= 15 is 0 Å². The minimum absolute atomic E-state index is 0.0451. The molecule has 124 valence electrons. The Morgan fingerprint density at radius 3 is 1.86 bits per heavy atom. The summed E-state index contributed by atoms with van der Waals surface area (Å²) >= 11 is 0. The van der Waals surface area contributed by atoms with Crippen LogP contribution in [0, 0.1) is 0 Å². The third kappa shape index (κ3) is 4.87. The van der Waals surface area contributed by atoms with Crippen LogP contribution in [-0.2, 0) is 18.9 Å². The molecule has 2 atom stereocenters. The first-order chi connectivity index (χ1) is 9.99. The predicted molar refractivity (Wildman–Crippen MR) is 75.7 cm³/mol. The van der Waals surface area contributed by atoms with E-state index in [-0.39, 0.29) is 31.2 Å². The van der Waals surface area contributed by atoms with Gasteiger partial charge in [0.05, 0.1) is 26.4 Å². The van der Waals surface area contributed by atoms with Crippen LogP contribution < -0.4 is 0 Å². The molecule has 2 saturated heterocycles. The van der Waals surface area contributed by atoms with Crippen LogP contribution in [0.1, 0.15) is 46.0 Å². The Morgan fingerprint density at radius 1 is 0.857 bits per heavy atom. The SMILES string of the molecule is CC1(C)OCC(CO)O1.OCC1COC2(CCCCC2)O1. The van der Waals surface area contributed by atoms with Crippen LogP contribution in [0.4, 0.5) is 0 Å². The molecule has 0 aromatic heterocycles. The molecule has 6 heteroatoms. The molecule has 1 saturated carbocycles. The van der Waals surface area contributed by atoms with Crippen molar-refractivity contribution in [1.82, 2.24) is 0 Å². The van der Waals surface area contributed by atoms with Crippen molar-refractivity contribution in [3.05, 3.63) is 0 Å². The van der Waals surface area contributed by atoms with E-state index in [2.05, 4.69) is 0 Å². The first-order valence-electron chi connectivity index (χ1n) is 7.84. The minimum Gasteiger partial charge on any atom is -0.394 e. The van der Waals surface area contributed by atoms with Crippen LogP contribution in [0.5, 0.6) is 0 Å². The molecule has 1 spiro atoms. The molecule has 2 unspecified atom stereocenters. The zero-order valence-electron chi connectivity index (χ0n) is 13.0. The molecule has 6 nitrogen and oxygen atoms in total. The maximum Gasteiger partial charge on any atom is 0.169 e. The molecule has 2 N–H and O–H groups in total. The quantitative estimate of drug-likeness (QED) is 0.798. The monoisotopic (exact) mass is 304 g/mol. The van der Waals surface area contributed by atoms with Gasteiger partial charge in [-0.15, -0.1) is 0 Å². The highest BCUT2D eigenvalue weighted by molar-refractivity contribution is 4.81. The Labute approximate surface area is 126 Å². The second-order valence-electron chi connectivity index (χ2n) is 6.34. The van der Waals surface area contributed by atoms with Crippen molar-refractivity contribution in [2.45, 2.75) is 69.7 Å². The predicted octanol–water partition coefficient (Wildman–Crippen LogP) is 1.18. The summed E-state index contributed by atoms with van der Waals surface area (Å²) in [5.41, 5.74) is 0. The average Bonchev–Trinajstić information content (AvgIpc) is 3.04. The van der Waals surface area contributed by atoms with Gasteiger partial charge in [0.2, 0.25) is 0 Å². The van der Waals surface area contributed by atoms with Crippen LogP contribution >= 0.6 is 0 Å². The molecule has 0 bridgehead atoms. The van der Waals surface area contributed by atoms with Crippen LogP contribution in [0.15, 0.2) is 0 Å². The summed E-state index contributed by atoms with van der Waals surface area (Å²) in [4.78, 5) is 0. The summed E-state index contributed by atoms with van der Waals surface area (Å²) < 4.78 is 21.7. The molecule has 21 heavy (non-hydrogen) atoms. The number of aliphatic hydroxyl groups is 2. The number of aliphatic hydroxyl groups excluding tert-OH is 2. The van der Waals surface area contributed by atoms with Gasteiger partial charge in [-0.25, -0.2) is 0 Å². The highest BCUT2D eigenvalue weighted by Gasteiger charge is 2.41. The fourth-order valence-corrected chi connectivity index (χ4v) is 2.91. The van der Waals surface area contributed by atoms with Crippen molar-refractivity contribution < 1.29 is 29.2 Å². The van der Waals surface area contributed by atoms with Crippen LogP contribution in [-0.4, -0.2) is 60.4 Å². The molecular formula is C15H28O6. The molecule has 2 aliphatic heterocycles. The molecule has 0 radical (unpaired) electrons. The summed E-state index contributed by atoms with van der Waals surface area (Å²) in [5, 5.41) is 17.5. The highest BCUT2D eigenvalue weighted by Crippen LogP contribution is 2.37. The molecule has 3 fully saturated rings. The lowest BCUT2D eigenvalue weighted by atomic mass is 9.94. The second kappa shape index (κ2) is 7.35. The lowest BCUT2D eigenvalue weighted by Crippen LogP contribution is -2.33. The lowest BCUT2D eigenvalue weighted by molar-refractivity contribution is -0.189. The van der Waals surface area contributed by atoms with Crippen LogP contribution in [0.3, 0.4) is 0 Å². The van der Waals surface area contributed by atoms with Gasteiger partial charge in [-0.2, -0.15) is 0 Å². The van der Waals surface area contributed by atoms with Crippen LogP contribution in [0.2, 0.25) is 0 Å². The highest BCUT2D eigenvalue weighted by atomic mass is 16.8. The molecule has 3 aliphatic rings. The van der Waals surface area contributed by atoms with Crippen molar-refractivity contribution in [3.8, 4) is 0 Å². The van der Waals surface area contributed by atoms with Gasteiger partial charge in [0, 0.05) is 12.8 Å². The maximum absolute atomic E-state index is 8.88. The van der Waals surface area contributed by atoms with Gasteiger partial charge in [0.25, 0.3) is 0 Å². The van der Waals surface area contributed by atoms with Gasteiger partial charge in [0.15, 0.2) is 11.6 Å². The van der Waals surface area contributed by atoms with Gasteiger partial charge in [-0.05, 0) is 26.7 Å². The topological polar surface area (TPSA) is 77.4 Å². The second-order valence-corrected chi connectivity index (χ2v) is 6.34. The van der Waals surface area contributed by atoms with Gasteiger partial charge >= 0.3 is 0 Å². The minimum atomic E-state index is -0.493. The Bertz CT molecular complexity index is 313. The fourth-order valence-electron chi connectivity index (χ4n) is 2.91. The Morgan fingerprint density at radius 2 is 1.43 bits per heavy atom. The summed E-state index contributed by atoms with van der Waals surface area (Å²) in [7, 11) is 0. The van der Waals surface area contributed by atoms with E-state index in [0.29, 0.717) is 13.2 Å². The summed E-state index contributed by atoms with van der Waals surface area (Å²) in [6.45, 7) is 4.87. The Kier molecular flexibility index (Phi) is 5.99. The first-order valence-corrected chi connectivity index (χ1v) is 7.84. The number of hydrogen-bond acceptors (Lipinski definition) is 6. The molecule has 0 aromatic rings. The summed E-state index contributed by atoms with van der Waals surface area (Å²) in [6, 6.07) is 0. The van der Waals surface area contributed by atoms with Gasteiger partial charge in [0.1, 0.15) is 12.2 Å². The van der Waals surface area contributed by atoms with Gasteiger partial charge in [-0.3, -0.25) is 0 Å². The first kappa shape index (κ1) is 17.1. The Hall–Kier alpha value is -0.240. The van der Waals surface area contributed by atoms with E-state index in [9.17, 15) is 0 Å². The zero-order valence-corrected chi connectivity index (χ0v) is 13.0. The third-order valence-corrected chi connectivity index (χ3v) is 4.00. The lowest BCUT2D eigenvalue weighted by Gasteiger charge is -2.31. The van der Waals surface area contributed by atoms with E-state index in [0.717, 1.165) is 12.8 Å². The molecular weight excluding hydrogens is 276 g/mol. The van der Waals surface area contributed by atoms with E-state index < -0.39 is 5.79 Å². The molecule has 3 rings (SSSR count). The van der Waals surface area contributed by atoms with Crippen LogP contribution in [0.25, 0.3) is 0 Å². The van der Waals surface area contributed by atoms with E-state index in [1.165, 1.54) is 19.3 Å². The largest absolute Gasteiger partial charge is 0.394 e. The van der Waals surface area contributed by atoms with Crippen molar-refractivity contribution in [2.24, 2.45) is 0 Å². The van der Waals surface area contributed by atoms with E-state index in [4.69, 9.17) is 29.2 Å². The van der Waals surface area contributed by atoms with Gasteiger partial charge < -0.3 is 29.2 Å².